The van der Waals surface area contributed by atoms with Gasteiger partial charge in [0.25, 0.3) is 6.43 Å². The summed E-state index contributed by atoms with van der Waals surface area (Å²) >= 11 is 0. The Morgan fingerprint density at radius 1 is 1.26 bits per heavy atom. The average Bonchev–Trinajstić information content (AvgIpc) is 2.34. The van der Waals surface area contributed by atoms with Crippen molar-refractivity contribution in [3.63, 3.8) is 0 Å². The molecule has 114 valence electrons. The van der Waals surface area contributed by atoms with Crippen molar-refractivity contribution < 1.29 is 13.5 Å². The van der Waals surface area contributed by atoms with Crippen molar-refractivity contribution in [1.29, 1.82) is 0 Å². The molecule has 1 N–H and O–H groups in total. The van der Waals surface area contributed by atoms with Crippen LogP contribution in [0.2, 0.25) is 0 Å². The Morgan fingerprint density at radius 3 is 2.26 bits per heavy atom. The molecule has 0 spiro atoms. The molecule has 4 heteroatoms. The standard InChI is InChI=1S/C15H29F2NO/c1-5-12-6-8-15(9-7-12,19-10-13(16)17)11-18-14(2,3)4/h12-13,18H,5-11H2,1-4H3. The van der Waals surface area contributed by atoms with E-state index in [0.29, 0.717) is 6.54 Å². The first kappa shape index (κ1) is 16.8. The zero-order valence-corrected chi connectivity index (χ0v) is 12.8. The van der Waals surface area contributed by atoms with E-state index in [9.17, 15) is 8.78 Å². The van der Waals surface area contributed by atoms with Gasteiger partial charge >= 0.3 is 0 Å². The molecular weight excluding hydrogens is 248 g/mol. The van der Waals surface area contributed by atoms with Gasteiger partial charge in [-0.2, -0.15) is 0 Å². The molecule has 1 fully saturated rings. The molecule has 0 atom stereocenters. The maximum atomic E-state index is 12.4. The Labute approximate surface area is 116 Å². The highest BCUT2D eigenvalue weighted by atomic mass is 19.3. The number of halogens is 2. The predicted octanol–water partition coefficient (Wildman–Crippen LogP) is 4.00. The first-order valence-corrected chi connectivity index (χ1v) is 7.43. The van der Waals surface area contributed by atoms with Gasteiger partial charge in [0.1, 0.15) is 6.61 Å². The normalized spacial score (nSPS) is 28.9. The fourth-order valence-corrected chi connectivity index (χ4v) is 2.65. The van der Waals surface area contributed by atoms with Crippen LogP contribution in [0.25, 0.3) is 0 Å². The second kappa shape index (κ2) is 6.98. The third-order valence-electron chi connectivity index (χ3n) is 4.05. The number of hydrogen-bond acceptors (Lipinski definition) is 2. The molecule has 0 bridgehead atoms. The van der Waals surface area contributed by atoms with Crippen molar-refractivity contribution >= 4 is 0 Å². The van der Waals surface area contributed by atoms with E-state index in [1.165, 1.54) is 6.42 Å². The summed E-state index contributed by atoms with van der Waals surface area (Å²) in [4.78, 5) is 0. The molecule has 0 unspecified atom stereocenters. The molecule has 0 aliphatic heterocycles. The van der Waals surface area contributed by atoms with Crippen molar-refractivity contribution in [2.24, 2.45) is 5.92 Å². The van der Waals surface area contributed by atoms with E-state index in [-0.39, 0.29) is 5.54 Å². The van der Waals surface area contributed by atoms with Gasteiger partial charge in [-0.1, -0.05) is 13.3 Å². The zero-order valence-electron chi connectivity index (χ0n) is 12.8. The lowest BCUT2D eigenvalue weighted by Gasteiger charge is -2.41. The van der Waals surface area contributed by atoms with E-state index in [1.54, 1.807) is 0 Å². The summed E-state index contributed by atoms with van der Waals surface area (Å²) in [5.41, 5.74) is -0.405. The lowest BCUT2D eigenvalue weighted by molar-refractivity contribution is -0.112. The maximum Gasteiger partial charge on any atom is 0.261 e. The molecule has 1 aliphatic carbocycles. The highest BCUT2D eigenvalue weighted by molar-refractivity contribution is 4.91. The minimum atomic E-state index is -2.38. The first-order valence-electron chi connectivity index (χ1n) is 7.43. The Bertz CT molecular complexity index is 255. The fourth-order valence-electron chi connectivity index (χ4n) is 2.65. The quantitative estimate of drug-likeness (QED) is 0.792. The zero-order chi connectivity index (χ0) is 14.5. The SMILES string of the molecule is CCC1CCC(CNC(C)(C)C)(OCC(F)F)CC1. The summed E-state index contributed by atoms with van der Waals surface area (Å²) in [5.74, 6) is 0.734. The molecule has 19 heavy (non-hydrogen) atoms. The molecule has 2 nitrogen and oxygen atoms in total. The van der Waals surface area contributed by atoms with Gasteiger partial charge in [0, 0.05) is 12.1 Å². The molecule has 1 aliphatic rings. The van der Waals surface area contributed by atoms with Crippen LogP contribution in [0.3, 0.4) is 0 Å². The third-order valence-corrected chi connectivity index (χ3v) is 4.05. The molecule has 0 aromatic rings. The largest absolute Gasteiger partial charge is 0.368 e. The fraction of sp³-hybridized carbons (Fsp3) is 1.00. The van der Waals surface area contributed by atoms with E-state index in [2.05, 4.69) is 33.0 Å². The highest BCUT2D eigenvalue weighted by Gasteiger charge is 2.37. The van der Waals surface area contributed by atoms with Gasteiger partial charge in [-0.05, 0) is 52.4 Å². The third kappa shape index (κ3) is 6.17. The van der Waals surface area contributed by atoms with E-state index in [4.69, 9.17) is 4.74 Å². The van der Waals surface area contributed by atoms with E-state index in [1.807, 2.05) is 0 Å². The van der Waals surface area contributed by atoms with Crippen molar-refractivity contribution in [2.75, 3.05) is 13.2 Å². The monoisotopic (exact) mass is 277 g/mol. The van der Waals surface area contributed by atoms with Gasteiger partial charge in [0.2, 0.25) is 0 Å². The summed E-state index contributed by atoms with van der Waals surface area (Å²) in [7, 11) is 0. The lowest BCUT2D eigenvalue weighted by atomic mass is 9.77. The topological polar surface area (TPSA) is 21.3 Å². The van der Waals surface area contributed by atoms with Crippen LogP contribution in [0.4, 0.5) is 8.78 Å². The molecule has 1 rings (SSSR count). The molecule has 0 aromatic carbocycles. The van der Waals surface area contributed by atoms with Gasteiger partial charge in [-0.15, -0.1) is 0 Å². The van der Waals surface area contributed by atoms with Crippen LogP contribution in [-0.2, 0) is 4.74 Å². The maximum absolute atomic E-state index is 12.4. The Balaban J connectivity index is 2.58. The van der Waals surface area contributed by atoms with Gasteiger partial charge in [0.05, 0.1) is 5.60 Å². The molecule has 1 saturated carbocycles. The second-order valence-electron chi connectivity index (χ2n) is 6.84. The average molecular weight is 277 g/mol. The number of hydrogen-bond donors (Lipinski definition) is 1. The second-order valence-corrected chi connectivity index (χ2v) is 6.84. The molecule has 0 radical (unpaired) electrons. The molecule has 0 amide bonds. The number of alkyl halides is 2. The molecular formula is C15H29F2NO. The van der Waals surface area contributed by atoms with Crippen LogP contribution in [0.5, 0.6) is 0 Å². The minimum absolute atomic E-state index is 0.0111. The Kier molecular flexibility index (Phi) is 6.18. The number of rotatable bonds is 6. The van der Waals surface area contributed by atoms with Crippen LogP contribution in [0.1, 0.15) is 59.8 Å². The summed E-state index contributed by atoms with van der Waals surface area (Å²) in [6, 6.07) is 0. The van der Waals surface area contributed by atoms with Crippen molar-refractivity contribution in [3.05, 3.63) is 0 Å². The first-order chi connectivity index (χ1) is 8.76. The van der Waals surface area contributed by atoms with Gasteiger partial charge in [-0.3, -0.25) is 0 Å². The number of ether oxygens (including phenoxy) is 1. The summed E-state index contributed by atoms with van der Waals surface area (Å²) in [5, 5.41) is 3.42. The molecule has 0 saturated heterocycles. The summed E-state index contributed by atoms with van der Waals surface area (Å²) < 4.78 is 30.5. The van der Waals surface area contributed by atoms with Crippen molar-refractivity contribution in [3.8, 4) is 0 Å². The van der Waals surface area contributed by atoms with Crippen LogP contribution in [0, 0.1) is 5.92 Å². The van der Waals surface area contributed by atoms with E-state index < -0.39 is 18.6 Å². The van der Waals surface area contributed by atoms with Crippen LogP contribution in [0.15, 0.2) is 0 Å². The van der Waals surface area contributed by atoms with Gasteiger partial charge in [0.15, 0.2) is 0 Å². The van der Waals surface area contributed by atoms with Crippen LogP contribution < -0.4 is 5.32 Å². The smallest absolute Gasteiger partial charge is 0.261 e. The summed E-state index contributed by atoms with van der Waals surface area (Å²) in [6.45, 7) is 8.69. The van der Waals surface area contributed by atoms with Crippen LogP contribution >= 0.6 is 0 Å². The Morgan fingerprint density at radius 2 is 1.84 bits per heavy atom. The minimum Gasteiger partial charge on any atom is -0.368 e. The highest BCUT2D eigenvalue weighted by Crippen LogP contribution is 2.36. The van der Waals surface area contributed by atoms with Gasteiger partial charge in [-0.25, -0.2) is 8.78 Å². The lowest BCUT2D eigenvalue weighted by Crippen LogP contribution is -2.51. The van der Waals surface area contributed by atoms with Crippen molar-refractivity contribution in [2.45, 2.75) is 77.4 Å². The predicted molar refractivity (Wildman–Crippen MR) is 74.7 cm³/mol. The van der Waals surface area contributed by atoms with E-state index >= 15 is 0 Å². The Hall–Kier alpha value is -0.220. The van der Waals surface area contributed by atoms with Crippen molar-refractivity contribution in [1.82, 2.24) is 5.32 Å². The number of nitrogens with one attached hydrogen (secondary N) is 1. The van der Waals surface area contributed by atoms with Gasteiger partial charge < -0.3 is 10.1 Å². The summed E-state index contributed by atoms with van der Waals surface area (Å²) in [6.07, 6.45) is 2.76. The molecule has 0 heterocycles. The molecule has 0 aromatic heterocycles. The van der Waals surface area contributed by atoms with Crippen LogP contribution in [-0.4, -0.2) is 30.7 Å². The van der Waals surface area contributed by atoms with E-state index in [0.717, 1.165) is 31.6 Å².